The van der Waals surface area contributed by atoms with Crippen molar-refractivity contribution in [3.05, 3.63) is 15.6 Å². The summed E-state index contributed by atoms with van der Waals surface area (Å²) >= 11 is 1.82. The smallest absolute Gasteiger partial charge is 0.226 e. The molecular weight excluding hydrogens is 370 g/mol. The number of carbonyl (C=O) groups excluding carboxylic acids is 1. The first-order valence-electron chi connectivity index (χ1n) is 11.0. The van der Waals surface area contributed by atoms with Crippen LogP contribution in [-0.4, -0.2) is 60.2 Å². The molecule has 1 saturated heterocycles. The Labute approximate surface area is 173 Å². The van der Waals surface area contributed by atoms with Crippen LogP contribution in [0, 0.1) is 30.1 Å². The number of nitrogens with zero attached hydrogens (tertiary/aromatic N) is 2. The van der Waals surface area contributed by atoms with Gasteiger partial charge < -0.3 is 14.9 Å². The lowest BCUT2D eigenvalue weighted by Crippen LogP contribution is -3.12. The van der Waals surface area contributed by atoms with Crippen LogP contribution in [0.4, 0.5) is 0 Å². The van der Waals surface area contributed by atoms with Gasteiger partial charge >= 0.3 is 0 Å². The van der Waals surface area contributed by atoms with Crippen LogP contribution in [0.3, 0.4) is 0 Å². The number of amides is 1. The molecule has 6 heteroatoms. The fourth-order valence-electron chi connectivity index (χ4n) is 6.25. The van der Waals surface area contributed by atoms with E-state index in [1.807, 2.05) is 16.2 Å². The van der Waals surface area contributed by atoms with Gasteiger partial charge in [-0.1, -0.05) is 20.8 Å². The summed E-state index contributed by atoms with van der Waals surface area (Å²) < 4.78 is 0. The molecule has 0 unspecified atom stereocenters. The van der Waals surface area contributed by atoms with Gasteiger partial charge in [0.05, 0.1) is 50.0 Å². The molecular formula is C22H36N3O2S+. The van der Waals surface area contributed by atoms with Gasteiger partial charge in [-0.15, -0.1) is 11.3 Å². The molecule has 1 aromatic heterocycles. The molecule has 2 fully saturated rings. The molecule has 1 amide bonds. The number of piperazine rings is 1. The predicted molar refractivity (Wildman–Crippen MR) is 112 cm³/mol. The van der Waals surface area contributed by atoms with Crippen LogP contribution >= 0.6 is 11.3 Å². The first kappa shape index (κ1) is 20.3. The van der Waals surface area contributed by atoms with E-state index in [4.69, 9.17) is 4.98 Å². The fraction of sp³-hybridized carbons (Fsp3) is 0.818. The largest absolute Gasteiger partial charge is 0.392 e. The zero-order chi connectivity index (χ0) is 20.2. The number of nitrogens with one attached hydrogen (secondary N) is 1. The molecule has 0 bridgehead atoms. The summed E-state index contributed by atoms with van der Waals surface area (Å²) in [6, 6.07) is 0. The Kier molecular flexibility index (Phi) is 5.34. The number of fused-ring (bicyclic) bond motifs is 2. The Morgan fingerprint density at radius 3 is 2.75 bits per heavy atom. The molecule has 2 N–H and O–H groups in total. The molecule has 3 aliphatic rings. The van der Waals surface area contributed by atoms with Crippen molar-refractivity contribution >= 4 is 17.2 Å². The summed E-state index contributed by atoms with van der Waals surface area (Å²) in [6.45, 7) is 12.5. The van der Waals surface area contributed by atoms with Crippen LogP contribution in [-0.2, 0) is 11.2 Å². The molecule has 5 nitrogen and oxygen atoms in total. The van der Waals surface area contributed by atoms with E-state index in [0.29, 0.717) is 0 Å². The lowest BCUT2D eigenvalue weighted by Gasteiger charge is -2.53. The maximum absolute atomic E-state index is 13.2. The van der Waals surface area contributed by atoms with Gasteiger partial charge in [0, 0.05) is 16.7 Å². The minimum Gasteiger partial charge on any atom is -0.392 e. The SMILES string of the molecule is Cc1nc2c(s1)C[C@]1(C)CC[C@H]([C@H](C)C(=O)N3CC[NH+](C)CC3)[C@H](O)[C@H]1[C@@H]2C. The van der Waals surface area contributed by atoms with Crippen molar-refractivity contribution in [2.45, 2.75) is 59.0 Å². The molecule has 6 atom stereocenters. The minimum absolute atomic E-state index is 0.0568. The van der Waals surface area contributed by atoms with Crippen LogP contribution in [0.2, 0.25) is 0 Å². The lowest BCUT2D eigenvalue weighted by molar-refractivity contribution is -0.883. The fourth-order valence-corrected chi connectivity index (χ4v) is 7.49. The number of aliphatic hydroxyl groups excluding tert-OH is 1. The van der Waals surface area contributed by atoms with Crippen molar-refractivity contribution in [2.24, 2.45) is 23.2 Å². The van der Waals surface area contributed by atoms with Gasteiger partial charge in [-0.2, -0.15) is 0 Å². The van der Waals surface area contributed by atoms with E-state index in [2.05, 4.69) is 34.7 Å². The quantitative estimate of drug-likeness (QED) is 0.783. The Bertz CT molecular complexity index is 742. The van der Waals surface area contributed by atoms with E-state index in [1.54, 1.807) is 0 Å². The van der Waals surface area contributed by atoms with Crippen molar-refractivity contribution in [2.75, 3.05) is 33.2 Å². The summed E-state index contributed by atoms with van der Waals surface area (Å²) in [6.07, 6.45) is 2.63. The first-order valence-corrected chi connectivity index (χ1v) is 11.8. The number of hydrogen-bond acceptors (Lipinski definition) is 4. The molecule has 156 valence electrons. The monoisotopic (exact) mass is 406 g/mol. The van der Waals surface area contributed by atoms with Crippen molar-refractivity contribution in [3.8, 4) is 0 Å². The number of aliphatic hydroxyl groups is 1. The Morgan fingerprint density at radius 1 is 1.39 bits per heavy atom. The van der Waals surface area contributed by atoms with E-state index in [-0.39, 0.29) is 35.0 Å². The second-order valence-corrected chi connectivity index (χ2v) is 11.2. The van der Waals surface area contributed by atoms with E-state index >= 15 is 0 Å². The molecule has 1 aliphatic heterocycles. The summed E-state index contributed by atoms with van der Waals surface area (Å²) in [4.78, 5) is 22.9. The third kappa shape index (κ3) is 3.31. The van der Waals surface area contributed by atoms with Crippen LogP contribution in [0.15, 0.2) is 0 Å². The number of rotatable bonds is 2. The number of aryl methyl sites for hydroxylation is 1. The van der Waals surface area contributed by atoms with E-state index in [9.17, 15) is 9.90 Å². The third-order valence-electron chi connectivity index (χ3n) is 7.99. The highest BCUT2D eigenvalue weighted by Gasteiger charge is 2.54. The Balaban J connectivity index is 1.53. The van der Waals surface area contributed by atoms with E-state index < -0.39 is 6.10 Å². The topological polar surface area (TPSA) is 57.9 Å². The molecule has 0 aromatic carbocycles. The lowest BCUT2D eigenvalue weighted by atomic mass is 9.53. The van der Waals surface area contributed by atoms with Gasteiger partial charge in [0.25, 0.3) is 0 Å². The first-order chi connectivity index (χ1) is 13.2. The molecule has 1 saturated carbocycles. The Morgan fingerprint density at radius 2 is 2.07 bits per heavy atom. The van der Waals surface area contributed by atoms with Crippen molar-refractivity contribution in [1.82, 2.24) is 9.88 Å². The maximum atomic E-state index is 13.2. The van der Waals surface area contributed by atoms with Crippen molar-refractivity contribution < 1.29 is 14.8 Å². The Hall–Kier alpha value is -0.980. The molecule has 2 heterocycles. The summed E-state index contributed by atoms with van der Waals surface area (Å²) in [5.74, 6) is 0.636. The van der Waals surface area contributed by atoms with Crippen LogP contribution in [0.1, 0.15) is 55.1 Å². The standard InChI is InChI=1S/C22H35N3O2S/c1-13(21(27)25-10-8-24(5)9-11-25)16-6-7-22(4)12-17-19(23-15(3)28-17)14(2)18(22)20(16)26/h13-14,16,18,20,26H,6-12H2,1-5H3/p+1/t13-,14-,16+,18+,20-,22-/m0/s1. The molecule has 0 radical (unpaired) electrons. The van der Waals surface area contributed by atoms with Crippen LogP contribution in [0.5, 0.6) is 0 Å². The van der Waals surface area contributed by atoms with E-state index in [1.165, 1.54) is 15.5 Å². The molecule has 0 spiro atoms. The molecule has 2 aliphatic carbocycles. The zero-order valence-electron chi connectivity index (χ0n) is 18.0. The highest BCUT2D eigenvalue weighted by atomic mass is 32.1. The van der Waals surface area contributed by atoms with Crippen molar-refractivity contribution in [1.29, 1.82) is 0 Å². The van der Waals surface area contributed by atoms with E-state index in [0.717, 1.165) is 50.4 Å². The van der Waals surface area contributed by atoms with Gasteiger partial charge in [0.15, 0.2) is 0 Å². The average Bonchev–Trinajstić information content (AvgIpc) is 3.01. The minimum atomic E-state index is -0.430. The summed E-state index contributed by atoms with van der Waals surface area (Å²) in [5, 5.41) is 12.6. The number of hydrogen-bond donors (Lipinski definition) is 2. The predicted octanol–water partition coefficient (Wildman–Crippen LogP) is 1.50. The second kappa shape index (κ2) is 7.37. The average molecular weight is 407 g/mol. The molecule has 1 aromatic rings. The third-order valence-corrected chi connectivity index (χ3v) is 8.98. The second-order valence-electron chi connectivity index (χ2n) is 9.95. The molecule has 28 heavy (non-hydrogen) atoms. The van der Waals surface area contributed by atoms with Gasteiger partial charge in [0.1, 0.15) is 0 Å². The summed E-state index contributed by atoms with van der Waals surface area (Å²) in [5.41, 5.74) is 1.31. The number of thiazole rings is 1. The van der Waals surface area contributed by atoms with Crippen LogP contribution < -0.4 is 4.90 Å². The van der Waals surface area contributed by atoms with Crippen LogP contribution in [0.25, 0.3) is 0 Å². The highest BCUT2D eigenvalue weighted by Crippen LogP contribution is 2.57. The number of quaternary nitrogens is 1. The highest BCUT2D eigenvalue weighted by molar-refractivity contribution is 7.11. The van der Waals surface area contributed by atoms with Gasteiger partial charge in [-0.05, 0) is 43.4 Å². The molecule has 4 rings (SSSR count). The summed E-state index contributed by atoms with van der Waals surface area (Å²) in [7, 11) is 2.19. The zero-order valence-corrected chi connectivity index (χ0v) is 18.8. The van der Waals surface area contributed by atoms with Gasteiger partial charge in [-0.3, -0.25) is 4.79 Å². The van der Waals surface area contributed by atoms with Gasteiger partial charge in [-0.25, -0.2) is 4.98 Å². The van der Waals surface area contributed by atoms with Crippen molar-refractivity contribution in [3.63, 3.8) is 0 Å². The normalized spacial score (nSPS) is 37.3. The number of aromatic nitrogens is 1. The number of carbonyl (C=O) groups is 1. The maximum Gasteiger partial charge on any atom is 0.226 e. The van der Waals surface area contributed by atoms with Gasteiger partial charge in [0.2, 0.25) is 5.91 Å². The number of likely N-dealkylation sites (N-methyl/N-ethyl adjacent to an activating group) is 1.